The van der Waals surface area contributed by atoms with E-state index in [2.05, 4.69) is 36.1 Å². The van der Waals surface area contributed by atoms with Crippen molar-refractivity contribution in [2.45, 2.75) is 26.8 Å². The van der Waals surface area contributed by atoms with Crippen molar-refractivity contribution in [3.05, 3.63) is 59.2 Å². The van der Waals surface area contributed by atoms with Crippen LogP contribution in [0.4, 0.5) is 0 Å². The van der Waals surface area contributed by atoms with Gasteiger partial charge in [-0.05, 0) is 44.0 Å². The van der Waals surface area contributed by atoms with Crippen LogP contribution in [0.2, 0.25) is 0 Å². The van der Waals surface area contributed by atoms with E-state index < -0.39 is 0 Å². The van der Waals surface area contributed by atoms with E-state index in [-0.39, 0.29) is 5.91 Å². The molecule has 1 saturated heterocycles. The summed E-state index contributed by atoms with van der Waals surface area (Å²) in [6.45, 7) is 8.93. The first-order valence-corrected chi connectivity index (χ1v) is 9.98. The van der Waals surface area contributed by atoms with Gasteiger partial charge in [0, 0.05) is 38.3 Å². The predicted molar refractivity (Wildman–Crippen MR) is 111 cm³/mol. The van der Waals surface area contributed by atoms with Crippen LogP contribution in [0.15, 0.2) is 42.5 Å². The average molecular weight is 383 g/mol. The minimum absolute atomic E-state index is 0.0542. The average Bonchev–Trinajstić information content (AvgIpc) is 2.95. The van der Waals surface area contributed by atoms with Crippen LogP contribution in [-0.2, 0) is 6.54 Å². The highest BCUT2D eigenvalue weighted by Crippen LogP contribution is 2.28. The Morgan fingerprint density at radius 1 is 1.00 bits per heavy atom. The number of aryl methyl sites for hydroxylation is 1. The van der Waals surface area contributed by atoms with Crippen molar-refractivity contribution in [2.24, 2.45) is 0 Å². The van der Waals surface area contributed by atoms with Gasteiger partial charge in [0.2, 0.25) is 0 Å². The second-order valence-electron chi connectivity index (χ2n) is 7.21. The van der Waals surface area contributed by atoms with Crippen molar-refractivity contribution in [3.8, 4) is 11.5 Å². The van der Waals surface area contributed by atoms with Crippen LogP contribution < -0.4 is 9.47 Å². The molecule has 0 bridgehead atoms. The molecule has 1 fully saturated rings. The second-order valence-corrected chi connectivity index (χ2v) is 7.21. The van der Waals surface area contributed by atoms with Gasteiger partial charge in [0.25, 0.3) is 5.91 Å². The molecule has 0 saturated carbocycles. The van der Waals surface area contributed by atoms with Gasteiger partial charge in [-0.1, -0.05) is 29.8 Å². The van der Waals surface area contributed by atoms with Gasteiger partial charge in [0.05, 0.1) is 13.7 Å². The van der Waals surface area contributed by atoms with Crippen LogP contribution in [0.25, 0.3) is 0 Å². The van der Waals surface area contributed by atoms with Crippen LogP contribution in [-0.4, -0.2) is 55.6 Å². The second kappa shape index (κ2) is 9.60. The van der Waals surface area contributed by atoms with Crippen molar-refractivity contribution in [2.75, 3.05) is 39.9 Å². The molecule has 1 heterocycles. The lowest BCUT2D eigenvalue weighted by Gasteiger charge is -2.22. The molecule has 5 nitrogen and oxygen atoms in total. The summed E-state index contributed by atoms with van der Waals surface area (Å²) in [5, 5.41) is 0. The van der Waals surface area contributed by atoms with E-state index in [0.29, 0.717) is 23.7 Å². The normalized spacial score (nSPS) is 15.2. The van der Waals surface area contributed by atoms with Crippen molar-refractivity contribution in [1.29, 1.82) is 0 Å². The van der Waals surface area contributed by atoms with Crippen molar-refractivity contribution in [3.63, 3.8) is 0 Å². The topological polar surface area (TPSA) is 42.0 Å². The van der Waals surface area contributed by atoms with Gasteiger partial charge in [-0.25, -0.2) is 0 Å². The lowest BCUT2D eigenvalue weighted by Crippen LogP contribution is -2.35. The van der Waals surface area contributed by atoms with E-state index in [1.54, 1.807) is 13.2 Å². The number of ether oxygens (including phenoxy) is 2. The number of amides is 1. The minimum atomic E-state index is 0.0542. The number of hydrogen-bond donors (Lipinski definition) is 0. The summed E-state index contributed by atoms with van der Waals surface area (Å²) in [7, 11) is 1.60. The van der Waals surface area contributed by atoms with Gasteiger partial charge in [0.1, 0.15) is 0 Å². The molecule has 0 aromatic heterocycles. The van der Waals surface area contributed by atoms with Crippen LogP contribution in [0.3, 0.4) is 0 Å². The van der Waals surface area contributed by atoms with Crippen LogP contribution in [0.5, 0.6) is 11.5 Å². The molecular weight excluding hydrogens is 352 g/mol. The number of hydrogen-bond acceptors (Lipinski definition) is 4. The quantitative estimate of drug-likeness (QED) is 0.763. The zero-order valence-electron chi connectivity index (χ0n) is 17.1. The Kier molecular flexibility index (Phi) is 6.93. The number of benzene rings is 2. The molecule has 5 heteroatoms. The van der Waals surface area contributed by atoms with Crippen molar-refractivity contribution < 1.29 is 14.3 Å². The lowest BCUT2D eigenvalue weighted by atomic mass is 10.1. The molecule has 0 aliphatic carbocycles. The van der Waals surface area contributed by atoms with E-state index in [0.717, 1.165) is 39.1 Å². The Morgan fingerprint density at radius 2 is 1.79 bits per heavy atom. The monoisotopic (exact) mass is 382 g/mol. The largest absolute Gasteiger partial charge is 0.493 e. The van der Waals surface area contributed by atoms with Gasteiger partial charge in [-0.15, -0.1) is 0 Å². The molecule has 1 aliphatic heterocycles. The van der Waals surface area contributed by atoms with E-state index >= 15 is 0 Å². The van der Waals surface area contributed by atoms with Gasteiger partial charge < -0.3 is 14.4 Å². The highest BCUT2D eigenvalue weighted by molar-refractivity contribution is 5.95. The highest BCUT2D eigenvalue weighted by Gasteiger charge is 2.21. The number of methoxy groups -OCH3 is 1. The molecule has 0 unspecified atom stereocenters. The third kappa shape index (κ3) is 5.04. The molecule has 2 aromatic carbocycles. The number of rotatable bonds is 6. The Morgan fingerprint density at radius 3 is 2.50 bits per heavy atom. The molecule has 3 rings (SSSR count). The van der Waals surface area contributed by atoms with Gasteiger partial charge in [0.15, 0.2) is 11.5 Å². The highest BCUT2D eigenvalue weighted by atomic mass is 16.5. The first-order chi connectivity index (χ1) is 13.6. The molecule has 1 aliphatic rings. The molecule has 28 heavy (non-hydrogen) atoms. The number of carbonyl (C=O) groups excluding carboxylic acids is 1. The van der Waals surface area contributed by atoms with E-state index in [4.69, 9.17) is 9.47 Å². The standard InChI is InChI=1S/C23H30N2O3/c1-4-28-21-11-10-20(16-22(21)27-3)23(26)25-13-5-12-24(14-15-25)17-19-8-6-18(2)7-9-19/h6-11,16H,4-5,12-15,17H2,1-3H3. The summed E-state index contributed by atoms with van der Waals surface area (Å²) in [5.41, 5.74) is 3.25. The van der Waals surface area contributed by atoms with Gasteiger partial charge in [-0.3, -0.25) is 9.69 Å². The fraction of sp³-hybridized carbons (Fsp3) is 0.435. The molecule has 0 spiro atoms. The van der Waals surface area contributed by atoms with Gasteiger partial charge >= 0.3 is 0 Å². The van der Waals surface area contributed by atoms with E-state index in [9.17, 15) is 4.79 Å². The lowest BCUT2D eigenvalue weighted by molar-refractivity contribution is 0.0760. The van der Waals surface area contributed by atoms with Crippen molar-refractivity contribution >= 4 is 5.91 Å². The Labute approximate surface area is 167 Å². The van der Waals surface area contributed by atoms with E-state index in [1.807, 2.05) is 24.0 Å². The molecule has 0 atom stereocenters. The molecule has 2 aromatic rings. The maximum atomic E-state index is 13.0. The van der Waals surface area contributed by atoms with Gasteiger partial charge in [-0.2, -0.15) is 0 Å². The molecular formula is C23H30N2O3. The van der Waals surface area contributed by atoms with Crippen LogP contribution in [0, 0.1) is 6.92 Å². The Balaban J connectivity index is 1.63. The maximum absolute atomic E-state index is 13.0. The fourth-order valence-electron chi connectivity index (χ4n) is 3.54. The molecule has 150 valence electrons. The predicted octanol–water partition coefficient (Wildman–Crippen LogP) is 3.75. The summed E-state index contributed by atoms with van der Waals surface area (Å²) in [4.78, 5) is 17.4. The molecule has 0 N–H and O–H groups in total. The summed E-state index contributed by atoms with van der Waals surface area (Å²) in [6, 6.07) is 14.1. The first kappa shape index (κ1) is 20.2. The summed E-state index contributed by atoms with van der Waals surface area (Å²) < 4.78 is 10.9. The molecule has 1 amide bonds. The number of carbonyl (C=O) groups is 1. The zero-order chi connectivity index (χ0) is 19.9. The molecule has 0 radical (unpaired) electrons. The third-order valence-electron chi connectivity index (χ3n) is 5.11. The number of nitrogens with zero attached hydrogens (tertiary/aromatic N) is 2. The SMILES string of the molecule is CCOc1ccc(C(=O)N2CCCN(Cc3ccc(C)cc3)CC2)cc1OC. The zero-order valence-corrected chi connectivity index (χ0v) is 17.1. The summed E-state index contributed by atoms with van der Waals surface area (Å²) >= 11 is 0. The van der Waals surface area contributed by atoms with Crippen LogP contribution >= 0.6 is 0 Å². The third-order valence-corrected chi connectivity index (χ3v) is 5.11. The van der Waals surface area contributed by atoms with Crippen molar-refractivity contribution in [1.82, 2.24) is 9.80 Å². The minimum Gasteiger partial charge on any atom is -0.493 e. The summed E-state index contributed by atoms with van der Waals surface area (Å²) in [5.74, 6) is 1.32. The van der Waals surface area contributed by atoms with E-state index in [1.165, 1.54) is 11.1 Å². The van der Waals surface area contributed by atoms with Crippen LogP contribution in [0.1, 0.15) is 34.8 Å². The Bertz CT molecular complexity index is 789. The fourth-order valence-corrected chi connectivity index (χ4v) is 3.54. The Hall–Kier alpha value is -2.53. The smallest absolute Gasteiger partial charge is 0.254 e. The maximum Gasteiger partial charge on any atom is 0.254 e. The first-order valence-electron chi connectivity index (χ1n) is 9.98. The summed E-state index contributed by atoms with van der Waals surface area (Å²) in [6.07, 6.45) is 0.978.